The van der Waals surface area contributed by atoms with Crippen molar-refractivity contribution < 1.29 is 14.3 Å². The number of alkyl halides is 1. The lowest BCUT2D eigenvalue weighted by atomic mass is 10.2. The smallest absolute Gasteiger partial charge is 0.242 e. The van der Waals surface area contributed by atoms with Gasteiger partial charge in [0, 0.05) is 0 Å². The SMILES string of the molecule is Cc1cc(F)c(O)c(NC(=O)C(C)Cl)c1. The van der Waals surface area contributed by atoms with E-state index in [0.29, 0.717) is 5.56 Å². The van der Waals surface area contributed by atoms with E-state index in [9.17, 15) is 14.3 Å². The number of carbonyl (C=O) groups excluding carboxylic acids is 1. The number of phenols is 1. The number of halogens is 2. The Morgan fingerprint density at radius 3 is 2.73 bits per heavy atom. The van der Waals surface area contributed by atoms with Crippen molar-refractivity contribution in [2.45, 2.75) is 19.2 Å². The second kappa shape index (κ2) is 4.49. The Morgan fingerprint density at radius 2 is 2.20 bits per heavy atom. The summed E-state index contributed by atoms with van der Waals surface area (Å²) in [4.78, 5) is 11.2. The highest BCUT2D eigenvalue weighted by Crippen LogP contribution is 2.28. The number of hydrogen-bond acceptors (Lipinski definition) is 2. The van der Waals surface area contributed by atoms with Crippen molar-refractivity contribution in [2.24, 2.45) is 0 Å². The summed E-state index contributed by atoms with van der Waals surface area (Å²) in [5.74, 6) is -1.84. The molecule has 1 atom stereocenters. The maximum atomic E-state index is 13.1. The van der Waals surface area contributed by atoms with E-state index < -0.39 is 22.9 Å². The van der Waals surface area contributed by atoms with Gasteiger partial charge in [0.05, 0.1) is 5.69 Å². The van der Waals surface area contributed by atoms with Gasteiger partial charge in [-0.1, -0.05) is 0 Å². The number of carbonyl (C=O) groups is 1. The van der Waals surface area contributed by atoms with Crippen molar-refractivity contribution in [2.75, 3.05) is 5.32 Å². The van der Waals surface area contributed by atoms with E-state index in [4.69, 9.17) is 11.6 Å². The third kappa shape index (κ3) is 2.83. The lowest BCUT2D eigenvalue weighted by molar-refractivity contribution is -0.115. The van der Waals surface area contributed by atoms with E-state index >= 15 is 0 Å². The molecule has 0 aliphatic carbocycles. The Labute approximate surface area is 91.9 Å². The Hall–Kier alpha value is -1.29. The molecule has 0 spiro atoms. The normalized spacial score (nSPS) is 12.3. The molecule has 5 heteroatoms. The molecule has 1 aromatic carbocycles. The molecule has 1 amide bonds. The average Bonchev–Trinajstić information content (AvgIpc) is 2.13. The molecule has 2 N–H and O–H groups in total. The lowest BCUT2D eigenvalue weighted by Gasteiger charge is -2.09. The van der Waals surface area contributed by atoms with Gasteiger partial charge in [-0.05, 0) is 31.5 Å². The van der Waals surface area contributed by atoms with Crippen molar-refractivity contribution in [3.05, 3.63) is 23.5 Å². The largest absolute Gasteiger partial charge is 0.503 e. The zero-order chi connectivity index (χ0) is 11.6. The van der Waals surface area contributed by atoms with Crippen LogP contribution in [0, 0.1) is 12.7 Å². The van der Waals surface area contributed by atoms with E-state index in [0.717, 1.165) is 0 Å². The summed E-state index contributed by atoms with van der Waals surface area (Å²) in [7, 11) is 0. The van der Waals surface area contributed by atoms with E-state index in [1.54, 1.807) is 6.92 Å². The molecule has 1 rings (SSSR count). The summed E-state index contributed by atoms with van der Waals surface area (Å²) in [6.45, 7) is 3.14. The van der Waals surface area contributed by atoms with E-state index in [1.807, 2.05) is 0 Å². The van der Waals surface area contributed by atoms with Crippen molar-refractivity contribution in [3.8, 4) is 5.75 Å². The van der Waals surface area contributed by atoms with Crippen LogP contribution in [0.2, 0.25) is 0 Å². The molecular formula is C10H11ClFNO2. The van der Waals surface area contributed by atoms with E-state index in [2.05, 4.69) is 5.32 Å². The van der Waals surface area contributed by atoms with Gasteiger partial charge >= 0.3 is 0 Å². The predicted octanol–water partition coefficient (Wildman–Crippen LogP) is 2.41. The zero-order valence-corrected chi connectivity index (χ0v) is 9.10. The fourth-order valence-corrected chi connectivity index (χ4v) is 1.12. The molecule has 0 aliphatic rings. The Kier molecular flexibility index (Phi) is 3.52. The maximum Gasteiger partial charge on any atom is 0.242 e. The van der Waals surface area contributed by atoms with Crippen molar-refractivity contribution in [3.63, 3.8) is 0 Å². The molecule has 0 bridgehead atoms. The lowest BCUT2D eigenvalue weighted by Crippen LogP contribution is -2.20. The van der Waals surface area contributed by atoms with Crippen LogP contribution in [0.3, 0.4) is 0 Å². The molecular weight excluding hydrogens is 221 g/mol. The Bertz CT molecular complexity index is 393. The van der Waals surface area contributed by atoms with Gasteiger partial charge in [0.1, 0.15) is 5.38 Å². The first kappa shape index (κ1) is 11.8. The summed E-state index contributed by atoms with van der Waals surface area (Å²) < 4.78 is 13.1. The quantitative estimate of drug-likeness (QED) is 0.607. The van der Waals surface area contributed by atoms with Crippen molar-refractivity contribution in [1.29, 1.82) is 0 Å². The van der Waals surface area contributed by atoms with Gasteiger partial charge in [-0.2, -0.15) is 0 Å². The van der Waals surface area contributed by atoms with Crippen LogP contribution in [0.5, 0.6) is 5.75 Å². The monoisotopic (exact) mass is 231 g/mol. The topological polar surface area (TPSA) is 49.3 Å². The van der Waals surface area contributed by atoms with Gasteiger partial charge in [0.15, 0.2) is 11.6 Å². The minimum absolute atomic E-state index is 0.0324. The molecule has 82 valence electrons. The van der Waals surface area contributed by atoms with Gasteiger partial charge in [-0.15, -0.1) is 11.6 Å². The first-order valence-electron chi connectivity index (χ1n) is 4.36. The molecule has 0 aliphatic heterocycles. The number of nitrogens with one attached hydrogen (secondary N) is 1. The molecule has 0 aromatic heterocycles. The first-order chi connectivity index (χ1) is 6.91. The highest BCUT2D eigenvalue weighted by atomic mass is 35.5. The zero-order valence-electron chi connectivity index (χ0n) is 8.34. The molecule has 0 radical (unpaired) electrons. The van der Waals surface area contributed by atoms with Crippen LogP contribution < -0.4 is 5.32 Å². The number of hydrogen-bond donors (Lipinski definition) is 2. The molecule has 1 unspecified atom stereocenters. The third-order valence-corrected chi connectivity index (χ3v) is 2.03. The highest BCUT2D eigenvalue weighted by molar-refractivity contribution is 6.32. The van der Waals surface area contributed by atoms with Crippen LogP contribution in [-0.4, -0.2) is 16.4 Å². The highest BCUT2D eigenvalue weighted by Gasteiger charge is 2.14. The number of phenolic OH excluding ortho intramolecular Hbond substituents is 1. The van der Waals surface area contributed by atoms with Crippen LogP contribution in [0.4, 0.5) is 10.1 Å². The van der Waals surface area contributed by atoms with Crippen molar-refractivity contribution >= 4 is 23.2 Å². The van der Waals surface area contributed by atoms with Gasteiger partial charge in [-0.3, -0.25) is 4.79 Å². The van der Waals surface area contributed by atoms with Crippen LogP contribution in [0.1, 0.15) is 12.5 Å². The number of benzene rings is 1. The molecule has 1 aromatic rings. The number of anilines is 1. The fourth-order valence-electron chi connectivity index (χ4n) is 1.06. The second-order valence-electron chi connectivity index (χ2n) is 3.25. The third-order valence-electron chi connectivity index (χ3n) is 1.83. The van der Waals surface area contributed by atoms with Crippen LogP contribution in [0.15, 0.2) is 12.1 Å². The van der Waals surface area contributed by atoms with Crippen LogP contribution in [0.25, 0.3) is 0 Å². The van der Waals surface area contributed by atoms with Gasteiger partial charge in [0.2, 0.25) is 5.91 Å². The first-order valence-corrected chi connectivity index (χ1v) is 4.79. The predicted molar refractivity (Wildman–Crippen MR) is 56.7 cm³/mol. The maximum absolute atomic E-state index is 13.1. The summed E-state index contributed by atoms with van der Waals surface area (Å²) in [6, 6.07) is 2.64. The minimum atomic E-state index is -0.771. The summed E-state index contributed by atoms with van der Waals surface area (Å²) >= 11 is 5.52. The number of aromatic hydroxyl groups is 1. The molecule has 0 saturated carbocycles. The van der Waals surface area contributed by atoms with Crippen molar-refractivity contribution in [1.82, 2.24) is 0 Å². The van der Waals surface area contributed by atoms with Gasteiger partial charge in [0.25, 0.3) is 0 Å². The van der Waals surface area contributed by atoms with Gasteiger partial charge < -0.3 is 10.4 Å². The second-order valence-corrected chi connectivity index (χ2v) is 3.90. The standard InChI is InChI=1S/C10H11ClFNO2/c1-5-3-7(12)9(14)8(4-5)13-10(15)6(2)11/h3-4,6,14H,1-2H3,(H,13,15). The van der Waals surface area contributed by atoms with Crippen LogP contribution >= 0.6 is 11.6 Å². The summed E-state index contributed by atoms with van der Waals surface area (Å²) in [5.41, 5.74) is 0.632. The molecule has 0 heterocycles. The number of rotatable bonds is 2. The van der Waals surface area contributed by atoms with E-state index in [1.165, 1.54) is 19.1 Å². The van der Waals surface area contributed by atoms with Crippen LogP contribution in [-0.2, 0) is 4.79 Å². The molecule has 3 nitrogen and oxygen atoms in total. The molecule has 0 saturated heterocycles. The number of amides is 1. The molecule has 15 heavy (non-hydrogen) atoms. The van der Waals surface area contributed by atoms with E-state index in [-0.39, 0.29) is 5.69 Å². The summed E-state index contributed by atoms with van der Waals surface area (Å²) in [6.07, 6.45) is 0. The fraction of sp³-hybridized carbons (Fsp3) is 0.300. The minimum Gasteiger partial charge on any atom is -0.503 e. The van der Waals surface area contributed by atoms with Gasteiger partial charge in [-0.25, -0.2) is 4.39 Å². The summed E-state index contributed by atoms with van der Waals surface area (Å²) in [5, 5.41) is 10.9. The Balaban J connectivity index is 2.99. The number of aryl methyl sites for hydroxylation is 1. The molecule has 0 fully saturated rings. The Morgan fingerprint density at radius 1 is 1.60 bits per heavy atom. The average molecular weight is 232 g/mol.